The van der Waals surface area contributed by atoms with Gasteiger partial charge in [-0.1, -0.05) is 0 Å². The van der Waals surface area contributed by atoms with Crippen molar-refractivity contribution in [3.05, 3.63) is 29.2 Å². The Bertz CT molecular complexity index is 507. The van der Waals surface area contributed by atoms with Crippen LogP contribution >= 0.6 is 0 Å². The van der Waals surface area contributed by atoms with Gasteiger partial charge in [0.2, 0.25) is 0 Å². The Labute approximate surface area is 73.8 Å². The number of benzene rings is 1. The van der Waals surface area contributed by atoms with Crippen molar-refractivity contribution < 1.29 is 4.39 Å². The largest absolute Gasteiger partial charge is 0.282 e. The Hall–Kier alpha value is -1.89. The molecule has 1 N–H and O–H groups in total. The summed E-state index contributed by atoms with van der Waals surface area (Å²) in [6.45, 7) is 1.79. The highest BCUT2D eigenvalue weighted by Crippen LogP contribution is 2.20. The molecule has 1 aromatic carbocycles. The summed E-state index contributed by atoms with van der Waals surface area (Å²) < 4.78 is 12.9. The number of nitriles is 1. The predicted octanol–water partition coefficient (Wildman–Crippen LogP) is 1.88. The quantitative estimate of drug-likeness (QED) is 0.664. The van der Waals surface area contributed by atoms with Gasteiger partial charge in [0.05, 0.1) is 5.56 Å². The molecule has 0 bridgehead atoms. The van der Waals surface area contributed by atoms with Crippen LogP contribution in [0.4, 0.5) is 4.39 Å². The van der Waals surface area contributed by atoms with Crippen LogP contribution in [0.25, 0.3) is 10.9 Å². The molecular formula is C9H6FN3. The van der Waals surface area contributed by atoms with E-state index >= 15 is 0 Å². The van der Waals surface area contributed by atoms with Gasteiger partial charge in [-0.05, 0) is 19.1 Å². The Kier molecular flexibility index (Phi) is 1.52. The van der Waals surface area contributed by atoms with Crippen LogP contribution in [0.1, 0.15) is 11.3 Å². The molecule has 0 atom stereocenters. The number of halogens is 1. The zero-order chi connectivity index (χ0) is 9.42. The summed E-state index contributed by atoms with van der Waals surface area (Å²) in [7, 11) is 0. The number of nitrogens with one attached hydrogen (secondary N) is 1. The molecule has 0 unspecified atom stereocenters. The van der Waals surface area contributed by atoms with Gasteiger partial charge in [-0.25, -0.2) is 4.39 Å². The number of rotatable bonds is 0. The lowest BCUT2D eigenvalue weighted by Gasteiger charge is -1.92. The van der Waals surface area contributed by atoms with E-state index in [1.807, 2.05) is 6.07 Å². The molecule has 0 amide bonds. The number of hydrogen-bond acceptors (Lipinski definition) is 2. The zero-order valence-corrected chi connectivity index (χ0v) is 6.93. The summed E-state index contributed by atoms with van der Waals surface area (Å²) in [4.78, 5) is 0. The monoisotopic (exact) mass is 175 g/mol. The fourth-order valence-electron chi connectivity index (χ4n) is 1.29. The van der Waals surface area contributed by atoms with Crippen molar-refractivity contribution in [2.75, 3.05) is 0 Å². The van der Waals surface area contributed by atoms with Crippen molar-refractivity contribution in [1.29, 1.82) is 5.26 Å². The molecule has 64 valence electrons. The summed E-state index contributed by atoms with van der Waals surface area (Å²) in [6.07, 6.45) is 0. The lowest BCUT2D eigenvalue weighted by molar-refractivity contribution is 0.629. The SMILES string of the molecule is Cc1[nH]nc2c(C#N)cc(F)cc12. The first-order valence-corrected chi connectivity index (χ1v) is 3.76. The van der Waals surface area contributed by atoms with Crippen LogP contribution in [0.3, 0.4) is 0 Å². The molecule has 0 aliphatic carbocycles. The normalized spacial score (nSPS) is 10.2. The van der Waals surface area contributed by atoms with Crippen molar-refractivity contribution >= 4 is 10.9 Å². The van der Waals surface area contributed by atoms with E-state index in [2.05, 4.69) is 10.2 Å². The second-order valence-electron chi connectivity index (χ2n) is 2.81. The predicted molar refractivity (Wildman–Crippen MR) is 45.5 cm³/mol. The molecule has 0 radical (unpaired) electrons. The van der Waals surface area contributed by atoms with Gasteiger partial charge < -0.3 is 0 Å². The number of nitrogens with zero attached hydrogens (tertiary/aromatic N) is 2. The van der Waals surface area contributed by atoms with Gasteiger partial charge in [0, 0.05) is 11.1 Å². The van der Waals surface area contributed by atoms with E-state index < -0.39 is 5.82 Å². The van der Waals surface area contributed by atoms with Crippen molar-refractivity contribution in [2.45, 2.75) is 6.92 Å². The number of hydrogen-bond donors (Lipinski definition) is 1. The summed E-state index contributed by atoms with van der Waals surface area (Å²) in [5, 5.41) is 16.0. The van der Waals surface area contributed by atoms with E-state index in [9.17, 15) is 4.39 Å². The molecule has 0 aliphatic heterocycles. The second-order valence-corrected chi connectivity index (χ2v) is 2.81. The second kappa shape index (κ2) is 2.56. The highest BCUT2D eigenvalue weighted by molar-refractivity contribution is 5.86. The Morgan fingerprint density at radius 2 is 2.31 bits per heavy atom. The van der Waals surface area contributed by atoms with Crippen LogP contribution in [-0.4, -0.2) is 10.2 Å². The Morgan fingerprint density at radius 3 is 3.00 bits per heavy atom. The molecule has 3 nitrogen and oxygen atoms in total. The average molecular weight is 175 g/mol. The molecular weight excluding hydrogens is 169 g/mol. The van der Waals surface area contributed by atoms with Crippen molar-refractivity contribution in [2.24, 2.45) is 0 Å². The smallest absolute Gasteiger partial charge is 0.125 e. The highest BCUT2D eigenvalue weighted by Gasteiger charge is 2.08. The van der Waals surface area contributed by atoms with Crippen LogP contribution in [0.15, 0.2) is 12.1 Å². The molecule has 1 heterocycles. The molecule has 2 rings (SSSR count). The minimum Gasteiger partial charge on any atom is -0.282 e. The van der Waals surface area contributed by atoms with Gasteiger partial charge in [-0.15, -0.1) is 0 Å². The molecule has 1 aromatic heterocycles. The molecule has 0 aliphatic rings. The minimum absolute atomic E-state index is 0.263. The number of aryl methyl sites for hydroxylation is 1. The molecule has 0 saturated carbocycles. The lowest BCUT2D eigenvalue weighted by Crippen LogP contribution is -1.81. The molecule has 0 fully saturated rings. The minimum atomic E-state index is -0.409. The van der Waals surface area contributed by atoms with Crippen molar-refractivity contribution in [1.82, 2.24) is 10.2 Å². The highest BCUT2D eigenvalue weighted by atomic mass is 19.1. The number of aromatic nitrogens is 2. The zero-order valence-electron chi connectivity index (χ0n) is 6.93. The van der Waals surface area contributed by atoms with Gasteiger partial charge in [-0.3, -0.25) is 5.10 Å². The molecule has 0 spiro atoms. The summed E-state index contributed by atoms with van der Waals surface area (Å²) >= 11 is 0. The maximum Gasteiger partial charge on any atom is 0.125 e. The maximum absolute atomic E-state index is 12.9. The molecule has 13 heavy (non-hydrogen) atoms. The van der Waals surface area contributed by atoms with E-state index in [4.69, 9.17) is 5.26 Å². The molecule has 2 aromatic rings. The van der Waals surface area contributed by atoms with Crippen LogP contribution in [-0.2, 0) is 0 Å². The Morgan fingerprint density at radius 1 is 1.54 bits per heavy atom. The fraction of sp³-hybridized carbons (Fsp3) is 0.111. The first kappa shape index (κ1) is 7.74. The maximum atomic E-state index is 12.9. The van der Waals surface area contributed by atoms with E-state index in [-0.39, 0.29) is 5.56 Å². The van der Waals surface area contributed by atoms with E-state index in [0.29, 0.717) is 10.9 Å². The third-order valence-electron chi connectivity index (χ3n) is 1.93. The summed E-state index contributed by atoms with van der Waals surface area (Å²) in [5.74, 6) is -0.409. The summed E-state index contributed by atoms with van der Waals surface area (Å²) in [6, 6.07) is 4.45. The first-order chi connectivity index (χ1) is 6.22. The standard InChI is InChI=1S/C9H6FN3/c1-5-8-3-7(10)2-6(4-11)9(8)13-12-5/h2-3H,1H3,(H,12,13). The third-order valence-corrected chi connectivity index (χ3v) is 1.93. The third kappa shape index (κ3) is 1.05. The van der Waals surface area contributed by atoms with Gasteiger partial charge in [0.15, 0.2) is 0 Å². The van der Waals surface area contributed by atoms with Gasteiger partial charge in [0.1, 0.15) is 17.4 Å². The van der Waals surface area contributed by atoms with Crippen LogP contribution in [0, 0.1) is 24.1 Å². The lowest BCUT2D eigenvalue weighted by atomic mass is 10.1. The van der Waals surface area contributed by atoms with E-state index in [1.54, 1.807) is 6.92 Å². The average Bonchev–Trinajstić information content (AvgIpc) is 2.47. The number of fused-ring (bicyclic) bond motifs is 1. The van der Waals surface area contributed by atoms with Crippen molar-refractivity contribution in [3.63, 3.8) is 0 Å². The number of aromatic amines is 1. The van der Waals surface area contributed by atoms with Crippen LogP contribution in [0.5, 0.6) is 0 Å². The van der Waals surface area contributed by atoms with Gasteiger partial charge in [0.25, 0.3) is 0 Å². The van der Waals surface area contributed by atoms with E-state index in [1.165, 1.54) is 12.1 Å². The molecule has 4 heteroatoms. The van der Waals surface area contributed by atoms with Crippen LogP contribution < -0.4 is 0 Å². The molecule has 0 saturated heterocycles. The first-order valence-electron chi connectivity index (χ1n) is 3.76. The van der Waals surface area contributed by atoms with Gasteiger partial charge in [-0.2, -0.15) is 10.4 Å². The van der Waals surface area contributed by atoms with Crippen molar-refractivity contribution in [3.8, 4) is 6.07 Å². The topological polar surface area (TPSA) is 52.5 Å². The number of H-pyrrole nitrogens is 1. The van der Waals surface area contributed by atoms with Crippen LogP contribution in [0.2, 0.25) is 0 Å². The fourth-order valence-corrected chi connectivity index (χ4v) is 1.29. The van der Waals surface area contributed by atoms with E-state index in [0.717, 1.165) is 5.69 Å². The Balaban J connectivity index is 2.94. The summed E-state index contributed by atoms with van der Waals surface area (Å²) in [5.41, 5.74) is 1.56. The van der Waals surface area contributed by atoms with Gasteiger partial charge >= 0.3 is 0 Å².